The zero-order valence-electron chi connectivity index (χ0n) is 4.32. The number of hydrogen-bond acceptors (Lipinski definition) is 4. The quantitative estimate of drug-likeness (QED) is 0.200. The molecule has 0 saturated heterocycles. The molecule has 10 heavy (non-hydrogen) atoms. The largest absolute Gasteiger partial charge is 0.299 e. The van der Waals surface area contributed by atoms with Crippen LogP contribution in [-0.4, -0.2) is 26.6 Å². The fourth-order valence-corrected chi connectivity index (χ4v) is 0. The van der Waals surface area contributed by atoms with Gasteiger partial charge >= 0.3 is 0 Å². The molecule has 0 aliphatic heterocycles. The molecule has 0 aromatic heterocycles. The van der Waals surface area contributed by atoms with Gasteiger partial charge in [0.25, 0.3) is 22.7 Å². The van der Waals surface area contributed by atoms with Crippen LogP contribution in [0.25, 0.3) is 0 Å². The van der Waals surface area contributed by atoms with Crippen LogP contribution >= 0.6 is 23.3 Å². The van der Waals surface area contributed by atoms with E-state index in [1.807, 2.05) is 0 Å². The molecule has 66 valence electrons. The van der Waals surface area contributed by atoms with Crippen LogP contribution in [0.2, 0.25) is 0 Å². The van der Waals surface area contributed by atoms with Gasteiger partial charge in [0.1, 0.15) is 0 Å². The van der Waals surface area contributed by atoms with E-state index in [0.29, 0.717) is 0 Å². The van der Waals surface area contributed by atoms with Crippen molar-refractivity contribution in [1.82, 2.24) is 0 Å². The van der Waals surface area contributed by atoms with E-state index in [1.165, 1.54) is 0 Å². The van der Waals surface area contributed by atoms with Crippen molar-refractivity contribution in [2.45, 2.75) is 0 Å². The van der Waals surface area contributed by atoms with Gasteiger partial charge in [0.15, 0.2) is 0 Å². The molecule has 6 nitrogen and oxygen atoms in total. The molecule has 0 aromatic carbocycles. The molecular weight excluding hydrogens is 224 g/mol. The minimum absolute atomic E-state index is 2.61. The molecule has 0 unspecified atom stereocenters. The topological polar surface area (TPSA) is 115 Å². The molecule has 0 rings (SSSR count). The zero-order valence-corrected chi connectivity index (χ0v) is 7.74. The predicted molar refractivity (Wildman–Crippen MR) is 44.8 cm³/mol. The summed E-state index contributed by atoms with van der Waals surface area (Å²) in [5, 5.41) is 0. The van der Waals surface area contributed by atoms with Crippen LogP contribution in [0, 0.1) is 0 Å². The highest BCUT2D eigenvalue weighted by Gasteiger charge is 1.63. The minimum atomic E-state index is -2.61. The monoisotopic (exact) mass is 230 g/mol. The first-order valence-corrected chi connectivity index (χ1v) is 4.99. The van der Waals surface area contributed by atoms with Crippen molar-refractivity contribution in [2.24, 2.45) is 0 Å². The van der Waals surface area contributed by atoms with Crippen LogP contribution in [0.3, 0.4) is 0 Å². The van der Waals surface area contributed by atoms with E-state index in [0.717, 1.165) is 0 Å². The highest BCUT2D eigenvalue weighted by atomic mass is 33.1. The van der Waals surface area contributed by atoms with E-state index in [4.69, 9.17) is 26.6 Å². The van der Waals surface area contributed by atoms with Gasteiger partial charge in [-0.05, 0) is 0 Å². The fourth-order valence-electron chi connectivity index (χ4n) is 0. The summed E-state index contributed by atoms with van der Waals surface area (Å²) in [6.07, 6.45) is 0. The summed E-state index contributed by atoms with van der Waals surface area (Å²) in [7, 11) is 0. The standard InChI is InChI=1S/2H2O3S.H2S2/c2*1-4(2)3;1-2/h2*(H2,1,2,3);1-2H. The van der Waals surface area contributed by atoms with Gasteiger partial charge in [-0.1, -0.05) is 0 Å². The Morgan fingerprint density at radius 1 is 0.800 bits per heavy atom. The summed E-state index contributed by atoms with van der Waals surface area (Å²) in [5.74, 6) is 0. The molecule has 0 amide bonds. The van der Waals surface area contributed by atoms with Gasteiger partial charge in [0.05, 0.1) is 0 Å². The second-order valence-corrected chi connectivity index (χ2v) is 1.38. The van der Waals surface area contributed by atoms with Crippen molar-refractivity contribution >= 4 is 46.0 Å². The molecule has 10 heteroatoms. The summed E-state index contributed by atoms with van der Waals surface area (Å²) in [6.45, 7) is 0. The maximum atomic E-state index is 8.67. The summed E-state index contributed by atoms with van der Waals surface area (Å²) < 4.78 is 45.7. The van der Waals surface area contributed by atoms with Crippen molar-refractivity contribution in [1.29, 1.82) is 0 Å². The SMILES string of the molecule is O=S(O)O.O=S(O)O.SS. The second-order valence-electron chi connectivity index (χ2n) is 0.461. The van der Waals surface area contributed by atoms with E-state index < -0.39 is 22.7 Å². The molecule has 0 fully saturated rings. The summed E-state index contributed by atoms with van der Waals surface area (Å²) in [5.41, 5.74) is 0. The predicted octanol–water partition coefficient (Wildman–Crippen LogP) is 0.123. The Labute approximate surface area is 72.9 Å². The zero-order chi connectivity index (χ0) is 9.15. The van der Waals surface area contributed by atoms with Crippen molar-refractivity contribution < 1.29 is 26.6 Å². The van der Waals surface area contributed by atoms with Crippen molar-refractivity contribution in [2.75, 3.05) is 0 Å². The summed E-state index contributed by atoms with van der Waals surface area (Å²) in [4.78, 5) is 0. The molecule has 0 radical (unpaired) electrons. The average Bonchev–Trinajstić information content (AvgIpc) is 1.66. The smallest absolute Gasteiger partial charge is 0.284 e. The lowest BCUT2D eigenvalue weighted by Gasteiger charge is -1.59. The molecule has 0 aliphatic carbocycles. The van der Waals surface area contributed by atoms with Gasteiger partial charge in [-0.25, -0.2) is 0 Å². The van der Waals surface area contributed by atoms with Crippen molar-refractivity contribution in [3.05, 3.63) is 0 Å². The fraction of sp³-hybridized carbons (Fsp3) is 0. The number of rotatable bonds is 0. The molecule has 0 aliphatic rings. The van der Waals surface area contributed by atoms with Gasteiger partial charge in [-0.3, -0.25) is 18.2 Å². The summed E-state index contributed by atoms with van der Waals surface area (Å²) in [6, 6.07) is 0. The normalized spacial score (nSPS) is 7.60. The molecule has 0 atom stereocenters. The van der Waals surface area contributed by atoms with Crippen LogP contribution in [0.1, 0.15) is 0 Å². The minimum Gasteiger partial charge on any atom is -0.284 e. The Bertz CT molecular complexity index is 67.7. The highest BCUT2D eigenvalue weighted by Crippen LogP contribution is 1.65. The number of hydrogen-bond donors (Lipinski definition) is 6. The molecule has 0 spiro atoms. The van der Waals surface area contributed by atoms with E-state index in [9.17, 15) is 0 Å². The first-order valence-electron chi connectivity index (χ1n) is 1.26. The lowest BCUT2D eigenvalue weighted by atomic mass is 15.8. The third kappa shape index (κ3) is 770. The van der Waals surface area contributed by atoms with Gasteiger partial charge < -0.3 is 0 Å². The Morgan fingerprint density at radius 2 is 0.800 bits per heavy atom. The summed E-state index contributed by atoms with van der Waals surface area (Å²) >= 11 is 1.22. The van der Waals surface area contributed by atoms with Crippen molar-refractivity contribution in [3.8, 4) is 0 Å². The lowest BCUT2D eigenvalue weighted by molar-refractivity contribution is 0.452. The maximum absolute atomic E-state index is 8.67. The molecular formula is H6O6S4. The lowest BCUT2D eigenvalue weighted by Crippen LogP contribution is -1.74. The van der Waals surface area contributed by atoms with Crippen LogP contribution in [0.5, 0.6) is 0 Å². The first kappa shape index (κ1) is 17.1. The second kappa shape index (κ2) is 16.4. The third-order valence-electron chi connectivity index (χ3n) is 0. The van der Waals surface area contributed by atoms with Crippen LogP contribution in [-0.2, 0) is 22.7 Å². The average molecular weight is 230 g/mol. The van der Waals surface area contributed by atoms with E-state index >= 15 is 0 Å². The Kier molecular flexibility index (Phi) is 28.1. The Morgan fingerprint density at radius 3 is 0.800 bits per heavy atom. The molecule has 0 heterocycles. The van der Waals surface area contributed by atoms with Gasteiger partial charge in [-0.15, -0.1) is 23.3 Å². The molecule has 0 bridgehead atoms. The molecule has 0 aromatic rings. The first-order chi connectivity index (χ1) is 4.46. The highest BCUT2D eigenvalue weighted by molar-refractivity contribution is 8.59. The molecule has 0 saturated carbocycles. The number of thiol groups is 2. The Hall–Kier alpha value is 0.840. The van der Waals surface area contributed by atoms with E-state index in [-0.39, 0.29) is 0 Å². The Balaban J connectivity index is -0.0000000787. The van der Waals surface area contributed by atoms with Gasteiger partial charge in [0.2, 0.25) is 0 Å². The van der Waals surface area contributed by atoms with Crippen LogP contribution in [0.4, 0.5) is 0 Å². The van der Waals surface area contributed by atoms with E-state index in [1.54, 1.807) is 0 Å². The van der Waals surface area contributed by atoms with Gasteiger partial charge in [-0.2, -0.15) is 8.42 Å². The van der Waals surface area contributed by atoms with Gasteiger partial charge in [0, 0.05) is 0 Å². The van der Waals surface area contributed by atoms with Crippen molar-refractivity contribution in [3.63, 3.8) is 0 Å². The van der Waals surface area contributed by atoms with E-state index in [2.05, 4.69) is 23.3 Å². The third-order valence-corrected chi connectivity index (χ3v) is 0. The maximum Gasteiger partial charge on any atom is 0.299 e. The van der Waals surface area contributed by atoms with Crippen LogP contribution < -0.4 is 0 Å². The molecule has 4 N–H and O–H groups in total. The van der Waals surface area contributed by atoms with Crippen LogP contribution in [0.15, 0.2) is 0 Å².